The predicted octanol–water partition coefficient (Wildman–Crippen LogP) is 5.23. The first-order valence-electron chi connectivity index (χ1n) is 8.51. The molecule has 0 amide bonds. The molecule has 0 aliphatic rings. The van der Waals surface area contributed by atoms with E-state index in [1.807, 2.05) is 42.6 Å². The number of aromatic nitrogens is 1. The lowest BCUT2D eigenvalue weighted by Gasteiger charge is -2.03. The Bertz CT molecular complexity index is 1100. The van der Waals surface area contributed by atoms with Crippen molar-refractivity contribution in [2.24, 2.45) is 0 Å². The van der Waals surface area contributed by atoms with Gasteiger partial charge in [0.25, 0.3) is 0 Å². The van der Waals surface area contributed by atoms with Gasteiger partial charge in [-0.1, -0.05) is 0 Å². The van der Waals surface area contributed by atoms with Crippen LogP contribution in [0.2, 0.25) is 0 Å². The van der Waals surface area contributed by atoms with Gasteiger partial charge in [-0.25, -0.2) is 4.98 Å². The normalized spacial score (nSPS) is 11.0. The molecular weight excluding hydrogens is 395 g/mol. The highest BCUT2D eigenvalue weighted by Crippen LogP contribution is 2.28. The van der Waals surface area contributed by atoms with Crippen LogP contribution in [0.5, 0.6) is 5.75 Å². The number of nitro benzene ring substituents is 1. The van der Waals surface area contributed by atoms with Crippen molar-refractivity contribution < 1.29 is 14.1 Å². The predicted molar refractivity (Wildman–Crippen MR) is 109 cm³/mol. The first-order chi connectivity index (χ1) is 14.0. The number of hydrogen-bond acceptors (Lipinski definition) is 7. The molecule has 1 aromatic heterocycles. The van der Waals surface area contributed by atoms with Gasteiger partial charge in [0.15, 0.2) is 0 Å². The summed E-state index contributed by atoms with van der Waals surface area (Å²) in [4.78, 5) is 14.5. The summed E-state index contributed by atoms with van der Waals surface area (Å²) in [6, 6.07) is 12.9. The highest BCUT2D eigenvalue weighted by Gasteiger charge is 2.14. The zero-order valence-electron chi connectivity index (χ0n) is 15.3. The monoisotopic (exact) mass is 410 g/mol. The Kier molecular flexibility index (Phi) is 6.16. The Labute approximate surface area is 169 Å². The zero-order chi connectivity index (χ0) is 20.8. The topological polar surface area (TPSA) is 101 Å². The van der Waals surface area contributed by atoms with E-state index in [0.29, 0.717) is 17.3 Å². The van der Waals surface area contributed by atoms with Crippen molar-refractivity contribution in [3.63, 3.8) is 0 Å². The van der Waals surface area contributed by atoms with E-state index in [1.165, 1.54) is 23.6 Å². The summed E-state index contributed by atoms with van der Waals surface area (Å²) >= 11 is 1.30. The molecule has 0 spiro atoms. The standard InChI is InChI=1S/C20H15FN4O3S/c1-2-28-16-6-3-13(4-7-16)18-12-29-20(24-18)14(10-22)11-23-15-5-8-17(21)19(9-15)25(26)27/h3-9,11-12,23H,2H2,1H3/b14-11-. The average Bonchev–Trinajstić information content (AvgIpc) is 3.20. The minimum Gasteiger partial charge on any atom is -0.494 e. The molecule has 0 unspecified atom stereocenters. The smallest absolute Gasteiger partial charge is 0.306 e. The molecule has 0 aliphatic heterocycles. The van der Waals surface area contributed by atoms with Crippen LogP contribution >= 0.6 is 11.3 Å². The third-order valence-corrected chi connectivity index (χ3v) is 4.72. The van der Waals surface area contributed by atoms with Crippen molar-refractivity contribution in [1.29, 1.82) is 5.26 Å². The molecule has 0 radical (unpaired) electrons. The minimum atomic E-state index is -0.926. The zero-order valence-corrected chi connectivity index (χ0v) is 16.1. The molecule has 3 aromatic rings. The SMILES string of the molecule is CCOc1ccc(-c2csc(/C(C#N)=C\Nc3ccc(F)c([N+](=O)[O-])c3)n2)cc1. The fourth-order valence-electron chi connectivity index (χ4n) is 2.46. The fraction of sp³-hybridized carbons (Fsp3) is 0.100. The molecule has 0 saturated carbocycles. The molecule has 0 aliphatic carbocycles. The van der Waals surface area contributed by atoms with Crippen LogP contribution < -0.4 is 10.1 Å². The molecule has 146 valence electrons. The van der Waals surface area contributed by atoms with Crippen LogP contribution in [0, 0.1) is 27.3 Å². The molecule has 2 aromatic carbocycles. The summed E-state index contributed by atoms with van der Waals surface area (Å²) in [5.74, 6) is -0.160. The maximum atomic E-state index is 13.4. The third-order valence-electron chi connectivity index (χ3n) is 3.84. The van der Waals surface area contributed by atoms with Crippen LogP contribution in [0.1, 0.15) is 11.9 Å². The molecule has 1 heterocycles. The number of rotatable bonds is 7. The Morgan fingerprint density at radius 2 is 2.14 bits per heavy atom. The summed E-state index contributed by atoms with van der Waals surface area (Å²) in [5, 5.41) is 25.4. The van der Waals surface area contributed by atoms with Gasteiger partial charge >= 0.3 is 5.69 Å². The number of anilines is 1. The van der Waals surface area contributed by atoms with Crippen molar-refractivity contribution in [1.82, 2.24) is 4.98 Å². The van der Waals surface area contributed by atoms with Crippen LogP contribution in [0.15, 0.2) is 54.0 Å². The van der Waals surface area contributed by atoms with Gasteiger partial charge in [-0.05, 0) is 43.3 Å². The number of nitriles is 1. The quantitative estimate of drug-likeness (QED) is 0.325. The maximum absolute atomic E-state index is 13.4. The first-order valence-corrected chi connectivity index (χ1v) is 9.39. The molecule has 9 heteroatoms. The summed E-state index contributed by atoms with van der Waals surface area (Å²) in [6.07, 6.45) is 1.39. The average molecular weight is 410 g/mol. The molecular formula is C20H15FN4O3S. The van der Waals surface area contributed by atoms with Gasteiger partial charge < -0.3 is 10.1 Å². The molecule has 0 atom stereocenters. The Morgan fingerprint density at radius 1 is 1.38 bits per heavy atom. The molecule has 7 nitrogen and oxygen atoms in total. The van der Waals surface area contributed by atoms with Crippen molar-refractivity contribution >= 4 is 28.3 Å². The highest BCUT2D eigenvalue weighted by molar-refractivity contribution is 7.11. The lowest BCUT2D eigenvalue weighted by molar-refractivity contribution is -0.387. The van der Waals surface area contributed by atoms with Gasteiger partial charge in [0.05, 0.1) is 17.2 Å². The van der Waals surface area contributed by atoms with E-state index in [-0.39, 0.29) is 11.3 Å². The number of nitrogens with one attached hydrogen (secondary N) is 1. The number of allylic oxidation sites excluding steroid dienone is 1. The summed E-state index contributed by atoms with van der Waals surface area (Å²) in [6.45, 7) is 2.50. The number of hydrogen-bond donors (Lipinski definition) is 1. The van der Waals surface area contributed by atoms with E-state index in [0.717, 1.165) is 23.4 Å². The summed E-state index contributed by atoms with van der Waals surface area (Å²) < 4.78 is 18.8. The number of halogens is 1. The van der Waals surface area contributed by atoms with E-state index >= 15 is 0 Å². The number of benzene rings is 2. The van der Waals surface area contributed by atoms with Crippen molar-refractivity contribution in [3.8, 4) is 23.1 Å². The van der Waals surface area contributed by atoms with Crippen LogP contribution in [0.4, 0.5) is 15.8 Å². The number of ether oxygens (including phenoxy) is 1. The Balaban J connectivity index is 1.80. The van der Waals surface area contributed by atoms with E-state index in [4.69, 9.17) is 4.74 Å². The second kappa shape index (κ2) is 8.95. The van der Waals surface area contributed by atoms with Gasteiger partial charge in [-0.15, -0.1) is 11.3 Å². The van der Waals surface area contributed by atoms with Crippen LogP contribution in [-0.2, 0) is 0 Å². The lowest BCUT2D eigenvalue weighted by Crippen LogP contribution is -1.96. The Morgan fingerprint density at radius 3 is 2.79 bits per heavy atom. The van der Waals surface area contributed by atoms with E-state index in [9.17, 15) is 19.8 Å². The van der Waals surface area contributed by atoms with E-state index in [2.05, 4.69) is 10.3 Å². The third kappa shape index (κ3) is 4.75. The first kappa shape index (κ1) is 20.0. The van der Waals surface area contributed by atoms with E-state index in [1.54, 1.807) is 0 Å². The van der Waals surface area contributed by atoms with Crippen molar-refractivity contribution in [2.75, 3.05) is 11.9 Å². The highest BCUT2D eigenvalue weighted by atomic mass is 32.1. The van der Waals surface area contributed by atoms with Gasteiger partial charge in [0.1, 0.15) is 22.4 Å². The number of thiazole rings is 1. The fourth-order valence-corrected chi connectivity index (χ4v) is 3.25. The van der Waals surface area contributed by atoms with E-state index < -0.39 is 16.4 Å². The molecule has 0 fully saturated rings. The number of nitrogens with zero attached hydrogens (tertiary/aromatic N) is 3. The second-order valence-electron chi connectivity index (χ2n) is 5.73. The van der Waals surface area contributed by atoms with Gasteiger partial charge in [-0.2, -0.15) is 9.65 Å². The molecule has 0 saturated heterocycles. The summed E-state index contributed by atoms with van der Waals surface area (Å²) in [7, 11) is 0. The van der Waals surface area contributed by atoms with Crippen LogP contribution in [0.3, 0.4) is 0 Å². The second-order valence-corrected chi connectivity index (χ2v) is 6.59. The molecule has 29 heavy (non-hydrogen) atoms. The number of nitro groups is 1. The van der Waals surface area contributed by atoms with Crippen LogP contribution in [-0.4, -0.2) is 16.5 Å². The van der Waals surface area contributed by atoms with Gasteiger partial charge in [0, 0.05) is 28.9 Å². The van der Waals surface area contributed by atoms with Gasteiger partial charge in [-0.3, -0.25) is 10.1 Å². The lowest BCUT2D eigenvalue weighted by atomic mass is 10.2. The molecule has 3 rings (SSSR count). The summed E-state index contributed by atoms with van der Waals surface area (Å²) in [5.41, 5.74) is 1.49. The Hall–Kier alpha value is -3.77. The van der Waals surface area contributed by atoms with Crippen molar-refractivity contribution in [3.05, 3.63) is 75.0 Å². The minimum absolute atomic E-state index is 0.249. The van der Waals surface area contributed by atoms with Crippen molar-refractivity contribution in [2.45, 2.75) is 6.92 Å². The van der Waals surface area contributed by atoms with Gasteiger partial charge in [0.2, 0.25) is 5.82 Å². The van der Waals surface area contributed by atoms with Crippen LogP contribution in [0.25, 0.3) is 16.8 Å². The maximum Gasteiger partial charge on any atom is 0.306 e. The largest absolute Gasteiger partial charge is 0.494 e. The molecule has 1 N–H and O–H groups in total. The molecule has 0 bridgehead atoms.